The fourth-order valence-corrected chi connectivity index (χ4v) is 4.57. The number of hydrogen-bond acceptors (Lipinski definition) is 4. The van der Waals surface area contributed by atoms with Crippen LogP contribution in [0.4, 0.5) is 0 Å². The van der Waals surface area contributed by atoms with E-state index in [4.69, 9.17) is 5.10 Å². The van der Waals surface area contributed by atoms with Crippen molar-refractivity contribution in [1.82, 2.24) is 4.68 Å². The summed E-state index contributed by atoms with van der Waals surface area (Å²) in [6.45, 7) is 0. The van der Waals surface area contributed by atoms with Crippen LogP contribution in [0.3, 0.4) is 0 Å². The van der Waals surface area contributed by atoms with E-state index in [-0.39, 0.29) is 5.92 Å². The molecule has 2 aromatic carbocycles. The van der Waals surface area contributed by atoms with Gasteiger partial charge in [0.15, 0.2) is 0 Å². The molecule has 0 saturated heterocycles. The summed E-state index contributed by atoms with van der Waals surface area (Å²) in [5, 5.41) is 9.06. The van der Waals surface area contributed by atoms with Gasteiger partial charge in [0, 0.05) is 24.6 Å². The van der Waals surface area contributed by atoms with Gasteiger partial charge in [-0.15, -0.1) is 22.7 Å². The Morgan fingerprint density at radius 1 is 0.852 bits per heavy atom. The standard InChI is InChI=1S/C22H19N3S2/c1-23-22-25(20(16-27-22)21-13-8-14-26-21)24-15-19(17-9-4-2-5-10-17)18-11-6-3-7-12-18/h2-16,19H,1H3. The van der Waals surface area contributed by atoms with E-state index < -0.39 is 0 Å². The Kier molecular flexibility index (Phi) is 5.42. The Hall–Kier alpha value is -2.76. The Morgan fingerprint density at radius 2 is 1.52 bits per heavy atom. The van der Waals surface area contributed by atoms with Crippen molar-refractivity contribution in [2.75, 3.05) is 7.05 Å². The van der Waals surface area contributed by atoms with Gasteiger partial charge in [-0.2, -0.15) is 5.10 Å². The van der Waals surface area contributed by atoms with Crippen LogP contribution in [0.25, 0.3) is 10.6 Å². The number of thiazole rings is 1. The van der Waals surface area contributed by atoms with Gasteiger partial charge in [0.2, 0.25) is 4.80 Å². The second-order valence-electron chi connectivity index (χ2n) is 5.98. The highest BCUT2D eigenvalue weighted by molar-refractivity contribution is 7.14. The predicted molar refractivity (Wildman–Crippen MR) is 116 cm³/mol. The molecule has 3 nitrogen and oxygen atoms in total. The quantitative estimate of drug-likeness (QED) is 0.405. The molecule has 2 heterocycles. The Morgan fingerprint density at radius 3 is 2.07 bits per heavy atom. The van der Waals surface area contributed by atoms with Crippen molar-refractivity contribution in [2.45, 2.75) is 5.92 Å². The van der Waals surface area contributed by atoms with E-state index in [0.717, 1.165) is 10.5 Å². The minimum atomic E-state index is 0.0840. The third-order valence-corrected chi connectivity index (χ3v) is 6.10. The van der Waals surface area contributed by atoms with Gasteiger partial charge in [0.05, 0.1) is 10.6 Å². The second kappa shape index (κ2) is 8.29. The maximum Gasteiger partial charge on any atom is 0.205 e. The van der Waals surface area contributed by atoms with Gasteiger partial charge in [0.1, 0.15) is 0 Å². The number of thiophene rings is 1. The Bertz CT molecular complexity index is 1040. The highest BCUT2D eigenvalue weighted by Gasteiger charge is 2.13. The van der Waals surface area contributed by atoms with Crippen molar-refractivity contribution in [3.05, 3.63) is 99.5 Å². The van der Waals surface area contributed by atoms with Crippen molar-refractivity contribution in [3.63, 3.8) is 0 Å². The van der Waals surface area contributed by atoms with E-state index in [2.05, 4.69) is 76.4 Å². The van der Waals surface area contributed by atoms with E-state index >= 15 is 0 Å². The molecule has 4 aromatic rings. The molecule has 0 bridgehead atoms. The van der Waals surface area contributed by atoms with Crippen molar-refractivity contribution in [2.24, 2.45) is 10.1 Å². The van der Waals surface area contributed by atoms with Gasteiger partial charge in [-0.25, -0.2) is 4.68 Å². The smallest absolute Gasteiger partial charge is 0.205 e. The lowest BCUT2D eigenvalue weighted by Crippen LogP contribution is -2.13. The summed E-state index contributed by atoms with van der Waals surface area (Å²) >= 11 is 3.32. The van der Waals surface area contributed by atoms with Gasteiger partial charge in [-0.3, -0.25) is 4.99 Å². The zero-order valence-corrected chi connectivity index (χ0v) is 16.5. The van der Waals surface area contributed by atoms with E-state index in [1.54, 1.807) is 22.7 Å². The summed E-state index contributed by atoms with van der Waals surface area (Å²) in [7, 11) is 1.81. The average molecular weight is 390 g/mol. The molecule has 134 valence electrons. The maximum atomic E-state index is 4.86. The van der Waals surface area contributed by atoms with Gasteiger partial charge < -0.3 is 0 Å². The molecule has 0 amide bonds. The Balaban J connectivity index is 1.79. The molecule has 27 heavy (non-hydrogen) atoms. The van der Waals surface area contributed by atoms with E-state index in [0.29, 0.717) is 0 Å². The number of rotatable bonds is 5. The fourth-order valence-electron chi connectivity index (χ4n) is 2.98. The molecule has 0 aliphatic carbocycles. The molecule has 0 atom stereocenters. The molecule has 0 spiro atoms. The van der Waals surface area contributed by atoms with Crippen LogP contribution < -0.4 is 4.80 Å². The van der Waals surface area contributed by atoms with Gasteiger partial charge >= 0.3 is 0 Å². The fraction of sp³-hybridized carbons (Fsp3) is 0.0909. The first kappa shape index (κ1) is 17.6. The van der Waals surface area contributed by atoms with Crippen LogP contribution >= 0.6 is 22.7 Å². The molecular formula is C22H19N3S2. The highest BCUT2D eigenvalue weighted by atomic mass is 32.1. The first-order valence-electron chi connectivity index (χ1n) is 8.68. The number of nitrogens with zero attached hydrogens (tertiary/aromatic N) is 3. The van der Waals surface area contributed by atoms with Crippen LogP contribution in [0.5, 0.6) is 0 Å². The van der Waals surface area contributed by atoms with Gasteiger partial charge in [-0.05, 0) is 22.6 Å². The van der Waals surface area contributed by atoms with Crippen LogP contribution in [0.1, 0.15) is 17.0 Å². The lowest BCUT2D eigenvalue weighted by molar-refractivity contribution is 0.841. The molecule has 0 aliphatic rings. The molecule has 0 fully saturated rings. The summed E-state index contributed by atoms with van der Waals surface area (Å²) in [4.78, 5) is 6.47. The summed E-state index contributed by atoms with van der Waals surface area (Å²) < 4.78 is 1.94. The third-order valence-electron chi connectivity index (χ3n) is 4.30. The van der Waals surface area contributed by atoms with Crippen molar-refractivity contribution in [1.29, 1.82) is 0 Å². The molecule has 0 unspecified atom stereocenters. The summed E-state index contributed by atoms with van der Waals surface area (Å²) in [5.74, 6) is 0.0840. The Labute approximate surface area is 166 Å². The van der Waals surface area contributed by atoms with Gasteiger partial charge in [-0.1, -0.05) is 66.7 Å². The highest BCUT2D eigenvalue weighted by Crippen LogP contribution is 2.26. The lowest BCUT2D eigenvalue weighted by atomic mass is 9.92. The molecular weight excluding hydrogens is 370 g/mol. The number of hydrogen-bond donors (Lipinski definition) is 0. The number of benzene rings is 2. The third kappa shape index (κ3) is 3.84. The van der Waals surface area contributed by atoms with Gasteiger partial charge in [0.25, 0.3) is 0 Å². The molecule has 0 saturated carbocycles. The number of aromatic nitrogens is 1. The van der Waals surface area contributed by atoms with E-state index in [1.807, 2.05) is 30.1 Å². The molecule has 5 heteroatoms. The SMILES string of the molecule is CN=c1scc(-c2cccs2)n1N=CC(c1ccccc1)c1ccccc1. The normalized spacial score (nSPS) is 12.3. The van der Waals surface area contributed by atoms with Crippen molar-refractivity contribution < 1.29 is 0 Å². The minimum absolute atomic E-state index is 0.0840. The van der Waals surface area contributed by atoms with Crippen LogP contribution in [-0.4, -0.2) is 17.9 Å². The molecule has 0 aliphatic heterocycles. The van der Waals surface area contributed by atoms with E-state index in [1.165, 1.54) is 16.0 Å². The second-order valence-corrected chi connectivity index (χ2v) is 7.76. The lowest BCUT2D eigenvalue weighted by Gasteiger charge is -2.13. The molecule has 0 N–H and O–H groups in total. The first-order chi connectivity index (χ1) is 13.4. The molecule has 0 radical (unpaired) electrons. The molecule has 2 aromatic heterocycles. The van der Waals surface area contributed by atoms with Crippen molar-refractivity contribution in [3.8, 4) is 10.6 Å². The minimum Gasteiger partial charge on any atom is -0.261 e. The monoisotopic (exact) mass is 389 g/mol. The zero-order chi connectivity index (χ0) is 18.5. The summed E-state index contributed by atoms with van der Waals surface area (Å²) in [6, 6.07) is 25.1. The zero-order valence-electron chi connectivity index (χ0n) is 14.9. The average Bonchev–Trinajstić information content (AvgIpc) is 3.39. The molecule has 4 rings (SSSR count). The largest absolute Gasteiger partial charge is 0.261 e. The summed E-state index contributed by atoms with van der Waals surface area (Å²) in [5.41, 5.74) is 3.51. The first-order valence-corrected chi connectivity index (χ1v) is 10.4. The van der Waals surface area contributed by atoms with E-state index in [9.17, 15) is 0 Å². The topological polar surface area (TPSA) is 29.6 Å². The summed E-state index contributed by atoms with van der Waals surface area (Å²) in [6.07, 6.45) is 2.02. The van der Waals surface area contributed by atoms with Crippen LogP contribution in [0, 0.1) is 0 Å². The van der Waals surface area contributed by atoms with Crippen LogP contribution in [-0.2, 0) is 0 Å². The van der Waals surface area contributed by atoms with Crippen LogP contribution in [0.2, 0.25) is 0 Å². The predicted octanol–water partition coefficient (Wildman–Crippen LogP) is 5.47. The van der Waals surface area contributed by atoms with Crippen LogP contribution in [0.15, 0.2) is 93.7 Å². The van der Waals surface area contributed by atoms with Crippen molar-refractivity contribution >= 4 is 28.9 Å². The maximum absolute atomic E-state index is 4.86.